The van der Waals surface area contributed by atoms with Gasteiger partial charge in [-0.3, -0.25) is 4.79 Å². The lowest BCUT2D eigenvalue weighted by atomic mass is 10.0. The van der Waals surface area contributed by atoms with Crippen LogP contribution in [0.2, 0.25) is 0 Å². The second kappa shape index (κ2) is 7.10. The molecule has 1 N–H and O–H groups in total. The fourth-order valence-electron chi connectivity index (χ4n) is 2.62. The minimum absolute atomic E-state index is 0.0366. The Kier molecular flexibility index (Phi) is 5.54. The molecule has 1 aromatic carbocycles. The van der Waals surface area contributed by atoms with Crippen molar-refractivity contribution in [3.05, 3.63) is 35.4 Å². The quantitative estimate of drug-likeness (QED) is 0.891. The first kappa shape index (κ1) is 18.7. The van der Waals surface area contributed by atoms with Crippen molar-refractivity contribution >= 4 is 15.9 Å². The summed E-state index contributed by atoms with van der Waals surface area (Å²) in [6, 6.07) is 4.39. The molecule has 1 fully saturated rings. The highest BCUT2D eigenvalue weighted by Crippen LogP contribution is 2.32. The molecule has 5 nitrogen and oxygen atoms in total. The fourth-order valence-corrected chi connectivity index (χ4v) is 3.54. The van der Waals surface area contributed by atoms with Crippen molar-refractivity contribution in [2.75, 3.05) is 18.8 Å². The molecule has 2 rings (SSSR count). The molecule has 0 unspecified atom stereocenters. The Morgan fingerprint density at radius 1 is 1.25 bits per heavy atom. The monoisotopic (exact) mass is 364 g/mol. The van der Waals surface area contributed by atoms with Gasteiger partial charge in [-0.05, 0) is 31.9 Å². The van der Waals surface area contributed by atoms with Gasteiger partial charge >= 0.3 is 6.18 Å². The van der Waals surface area contributed by atoms with Gasteiger partial charge in [0.1, 0.15) is 0 Å². The number of halogens is 3. The molecular formula is C15H19F3N2O3S. The van der Waals surface area contributed by atoms with E-state index in [1.807, 2.05) is 0 Å². The summed E-state index contributed by atoms with van der Waals surface area (Å²) >= 11 is 0. The number of nitrogens with zero attached hydrogens (tertiary/aromatic N) is 1. The van der Waals surface area contributed by atoms with Gasteiger partial charge < -0.3 is 4.90 Å². The summed E-state index contributed by atoms with van der Waals surface area (Å²) in [6.07, 6.45) is -3.85. The molecule has 1 heterocycles. The second-order valence-corrected chi connectivity index (χ2v) is 7.67. The van der Waals surface area contributed by atoms with Gasteiger partial charge in [0, 0.05) is 19.1 Å². The van der Waals surface area contributed by atoms with Crippen LogP contribution in [0.3, 0.4) is 0 Å². The van der Waals surface area contributed by atoms with E-state index in [1.54, 1.807) is 0 Å². The number of carbonyl (C=O) groups is 1. The molecule has 1 aromatic rings. The predicted molar refractivity (Wildman–Crippen MR) is 83.0 cm³/mol. The Labute approximate surface area is 138 Å². The van der Waals surface area contributed by atoms with Gasteiger partial charge in [-0.25, -0.2) is 13.1 Å². The number of benzene rings is 1. The van der Waals surface area contributed by atoms with E-state index in [1.165, 1.54) is 24.0 Å². The lowest BCUT2D eigenvalue weighted by Crippen LogP contribution is -2.47. The number of piperidine rings is 1. The number of nitrogens with one attached hydrogen (secondary N) is 1. The number of likely N-dealkylation sites (tertiary alicyclic amines) is 1. The largest absolute Gasteiger partial charge is 0.417 e. The maximum absolute atomic E-state index is 13.0. The zero-order valence-electron chi connectivity index (χ0n) is 13.1. The summed E-state index contributed by atoms with van der Waals surface area (Å²) in [5.74, 6) is -0.717. The number of rotatable bonds is 4. The first-order chi connectivity index (χ1) is 11.1. The third-order valence-corrected chi connectivity index (χ3v) is 5.42. The fraction of sp³-hybridized carbons (Fsp3) is 0.533. The van der Waals surface area contributed by atoms with E-state index in [-0.39, 0.29) is 30.4 Å². The summed E-state index contributed by atoms with van der Waals surface area (Å²) in [5, 5.41) is 0. The molecule has 0 bridgehead atoms. The van der Waals surface area contributed by atoms with Crippen LogP contribution in [-0.4, -0.2) is 44.1 Å². The average Bonchev–Trinajstić information content (AvgIpc) is 2.54. The van der Waals surface area contributed by atoms with Crippen molar-refractivity contribution in [1.29, 1.82) is 0 Å². The molecule has 0 radical (unpaired) electrons. The lowest BCUT2D eigenvalue weighted by Gasteiger charge is -2.32. The van der Waals surface area contributed by atoms with Gasteiger partial charge in [0.2, 0.25) is 10.0 Å². The first-order valence-electron chi connectivity index (χ1n) is 7.59. The molecule has 0 aliphatic carbocycles. The van der Waals surface area contributed by atoms with Gasteiger partial charge in [0.15, 0.2) is 0 Å². The molecular weight excluding hydrogens is 345 g/mol. The minimum Gasteiger partial charge on any atom is -0.339 e. The van der Waals surface area contributed by atoms with Crippen molar-refractivity contribution in [3.63, 3.8) is 0 Å². The van der Waals surface area contributed by atoms with Crippen molar-refractivity contribution in [1.82, 2.24) is 9.62 Å². The van der Waals surface area contributed by atoms with Gasteiger partial charge in [0.05, 0.1) is 16.9 Å². The van der Waals surface area contributed by atoms with Crippen LogP contribution < -0.4 is 4.72 Å². The Morgan fingerprint density at radius 2 is 1.83 bits per heavy atom. The molecule has 1 aliphatic rings. The van der Waals surface area contributed by atoms with Crippen LogP contribution in [0.15, 0.2) is 24.3 Å². The van der Waals surface area contributed by atoms with E-state index in [9.17, 15) is 26.4 Å². The Bertz CT molecular complexity index is 696. The average molecular weight is 364 g/mol. The van der Waals surface area contributed by atoms with Crippen molar-refractivity contribution in [3.8, 4) is 0 Å². The summed E-state index contributed by atoms with van der Waals surface area (Å²) < 4.78 is 64.7. The van der Waals surface area contributed by atoms with Crippen molar-refractivity contribution in [2.45, 2.75) is 32.0 Å². The van der Waals surface area contributed by atoms with E-state index >= 15 is 0 Å². The molecule has 24 heavy (non-hydrogen) atoms. The molecule has 134 valence electrons. The maximum atomic E-state index is 13.0. The van der Waals surface area contributed by atoms with Crippen LogP contribution in [0, 0.1) is 0 Å². The molecule has 0 aromatic heterocycles. The number of sulfonamides is 1. The predicted octanol–water partition coefficient (Wildman–Crippen LogP) is 2.25. The summed E-state index contributed by atoms with van der Waals surface area (Å²) in [6.45, 7) is 1.94. The smallest absolute Gasteiger partial charge is 0.339 e. The van der Waals surface area contributed by atoms with Gasteiger partial charge in [-0.15, -0.1) is 0 Å². The maximum Gasteiger partial charge on any atom is 0.417 e. The van der Waals surface area contributed by atoms with Gasteiger partial charge in [0.25, 0.3) is 5.91 Å². The van der Waals surface area contributed by atoms with E-state index in [4.69, 9.17) is 0 Å². The van der Waals surface area contributed by atoms with E-state index in [2.05, 4.69) is 4.72 Å². The highest BCUT2D eigenvalue weighted by molar-refractivity contribution is 7.89. The number of hydrogen-bond acceptors (Lipinski definition) is 3. The molecule has 0 atom stereocenters. The molecule has 1 amide bonds. The number of carbonyl (C=O) groups excluding carboxylic acids is 1. The highest BCUT2D eigenvalue weighted by atomic mass is 32.2. The second-order valence-electron chi connectivity index (χ2n) is 5.63. The van der Waals surface area contributed by atoms with Crippen LogP contribution in [0.4, 0.5) is 13.2 Å². The van der Waals surface area contributed by atoms with Crippen LogP contribution in [0.1, 0.15) is 35.7 Å². The number of amides is 1. The summed E-state index contributed by atoms with van der Waals surface area (Å²) in [7, 11) is -3.34. The third kappa shape index (κ3) is 4.47. The summed E-state index contributed by atoms with van der Waals surface area (Å²) in [4.78, 5) is 13.7. The summed E-state index contributed by atoms with van der Waals surface area (Å²) in [5.41, 5.74) is -1.33. The van der Waals surface area contributed by atoms with Gasteiger partial charge in [-0.2, -0.15) is 13.2 Å². The molecule has 1 aliphatic heterocycles. The van der Waals surface area contributed by atoms with Crippen LogP contribution >= 0.6 is 0 Å². The van der Waals surface area contributed by atoms with E-state index < -0.39 is 27.7 Å². The third-order valence-electron chi connectivity index (χ3n) is 3.97. The standard InChI is InChI=1S/C15H19F3N2O3S/c1-2-24(22,23)19-11-7-9-20(10-8-11)14(21)12-5-3-4-6-13(12)15(16,17)18/h3-6,11,19H,2,7-10H2,1H3. The molecule has 1 saturated heterocycles. The Morgan fingerprint density at radius 3 is 2.38 bits per heavy atom. The first-order valence-corrected chi connectivity index (χ1v) is 9.25. The lowest BCUT2D eigenvalue weighted by molar-refractivity contribution is -0.138. The molecule has 0 spiro atoms. The zero-order valence-corrected chi connectivity index (χ0v) is 14.0. The normalized spacial score (nSPS) is 17.1. The van der Waals surface area contributed by atoms with E-state index in [0.717, 1.165) is 12.1 Å². The SMILES string of the molecule is CCS(=O)(=O)NC1CCN(C(=O)c2ccccc2C(F)(F)F)CC1. The van der Waals surface area contributed by atoms with E-state index in [0.29, 0.717) is 12.8 Å². The topological polar surface area (TPSA) is 66.5 Å². The highest BCUT2D eigenvalue weighted by Gasteiger charge is 2.36. The number of hydrogen-bond donors (Lipinski definition) is 1. The van der Waals surface area contributed by atoms with Crippen LogP contribution in [-0.2, 0) is 16.2 Å². The zero-order chi connectivity index (χ0) is 18.0. The van der Waals surface area contributed by atoms with Crippen molar-refractivity contribution < 1.29 is 26.4 Å². The Hall–Kier alpha value is -1.61. The van der Waals surface area contributed by atoms with Crippen LogP contribution in [0.25, 0.3) is 0 Å². The van der Waals surface area contributed by atoms with Gasteiger partial charge in [-0.1, -0.05) is 12.1 Å². The van der Waals surface area contributed by atoms with Crippen LogP contribution in [0.5, 0.6) is 0 Å². The number of alkyl halides is 3. The Balaban J connectivity index is 2.07. The molecule has 9 heteroatoms. The minimum atomic E-state index is -4.60. The molecule has 0 saturated carbocycles. The van der Waals surface area contributed by atoms with Crippen molar-refractivity contribution in [2.24, 2.45) is 0 Å².